The molecule has 1 aliphatic heterocycles. The number of ether oxygens (including phenoxy) is 1. The molecule has 3 rings (SSSR count). The molecule has 3 heteroatoms. The van der Waals surface area contributed by atoms with E-state index < -0.39 is 0 Å². The molecule has 1 heterocycles. The molecule has 0 fully saturated rings. The van der Waals surface area contributed by atoms with Gasteiger partial charge in [0.25, 0.3) is 0 Å². The topological polar surface area (TPSA) is 49.7 Å². The summed E-state index contributed by atoms with van der Waals surface area (Å²) in [6.45, 7) is 6.30. The maximum absolute atomic E-state index is 10.3. The van der Waals surface area contributed by atoms with Crippen molar-refractivity contribution >= 4 is 0 Å². The van der Waals surface area contributed by atoms with Gasteiger partial charge in [0.2, 0.25) is 0 Å². The van der Waals surface area contributed by atoms with E-state index in [2.05, 4.69) is 19.9 Å². The van der Waals surface area contributed by atoms with Gasteiger partial charge in [0, 0.05) is 17.4 Å². The molecule has 108 valence electrons. The predicted molar refractivity (Wildman–Crippen MR) is 78.2 cm³/mol. The average molecular weight is 274 g/mol. The number of aryl methyl sites for hydroxylation is 1. The van der Waals surface area contributed by atoms with Gasteiger partial charge in [-0.3, -0.25) is 0 Å². The normalized spacial score (nSPS) is 27.1. The third-order valence-electron chi connectivity index (χ3n) is 4.73. The van der Waals surface area contributed by atoms with E-state index in [1.54, 1.807) is 6.07 Å². The molecule has 2 aliphatic rings. The SMILES string of the molecule is Cc1cc(O)c2c(c1)OC(C)(C)C1CC=C(CO)CC21. The molecule has 2 N–H and O–H groups in total. The molecular formula is C17H22O3. The Morgan fingerprint density at radius 2 is 2.10 bits per heavy atom. The Bertz CT molecular complexity index is 572. The lowest BCUT2D eigenvalue weighted by Crippen LogP contribution is -2.45. The van der Waals surface area contributed by atoms with Gasteiger partial charge in [-0.15, -0.1) is 0 Å². The number of phenols is 1. The zero-order valence-corrected chi connectivity index (χ0v) is 12.3. The van der Waals surface area contributed by atoms with E-state index in [-0.39, 0.29) is 18.1 Å². The van der Waals surface area contributed by atoms with Crippen LogP contribution in [0.2, 0.25) is 0 Å². The van der Waals surface area contributed by atoms with Crippen molar-refractivity contribution in [1.82, 2.24) is 0 Å². The molecule has 0 saturated carbocycles. The molecule has 1 aliphatic carbocycles. The summed E-state index contributed by atoms with van der Waals surface area (Å²) in [4.78, 5) is 0. The summed E-state index contributed by atoms with van der Waals surface area (Å²) < 4.78 is 6.17. The average Bonchev–Trinajstić information content (AvgIpc) is 2.36. The minimum atomic E-state index is -0.255. The van der Waals surface area contributed by atoms with Crippen LogP contribution in [0, 0.1) is 12.8 Å². The number of phenolic OH excluding ortho intramolecular Hbond substituents is 1. The molecule has 0 saturated heterocycles. The number of allylic oxidation sites excluding steroid dienone is 1. The fourth-order valence-corrected chi connectivity index (χ4v) is 3.73. The van der Waals surface area contributed by atoms with Gasteiger partial charge in [-0.1, -0.05) is 6.08 Å². The summed E-state index contributed by atoms with van der Waals surface area (Å²) in [7, 11) is 0. The summed E-state index contributed by atoms with van der Waals surface area (Å²) in [5.74, 6) is 1.68. The van der Waals surface area contributed by atoms with Gasteiger partial charge in [0.15, 0.2) is 0 Å². The summed E-state index contributed by atoms with van der Waals surface area (Å²) in [6, 6.07) is 3.80. The van der Waals surface area contributed by atoms with Crippen molar-refractivity contribution < 1.29 is 14.9 Å². The molecule has 1 aromatic carbocycles. The van der Waals surface area contributed by atoms with Crippen LogP contribution in [0.3, 0.4) is 0 Å². The van der Waals surface area contributed by atoms with Gasteiger partial charge in [-0.2, -0.15) is 0 Å². The standard InChI is InChI=1S/C17H22O3/c1-10-6-14(19)16-12-8-11(9-18)4-5-13(12)17(2,3)20-15(16)7-10/h4,6-7,12-13,18-19H,5,8-9H2,1-3H3. The zero-order chi connectivity index (χ0) is 14.5. The Labute approximate surface area is 119 Å². The van der Waals surface area contributed by atoms with Crippen molar-refractivity contribution in [2.75, 3.05) is 6.61 Å². The molecule has 0 aromatic heterocycles. The first-order chi connectivity index (χ1) is 9.42. The molecular weight excluding hydrogens is 252 g/mol. The number of aliphatic hydroxyl groups excluding tert-OH is 1. The van der Waals surface area contributed by atoms with Gasteiger partial charge in [-0.25, -0.2) is 0 Å². The summed E-state index contributed by atoms with van der Waals surface area (Å²) in [6.07, 6.45) is 3.82. The first kappa shape index (κ1) is 13.5. The van der Waals surface area contributed by atoms with Gasteiger partial charge in [0.1, 0.15) is 17.1 Å². The fourth-order valence-electron chi connectivity index (χ4n) is 3.73. The van der Waals surface area contributed by atoms with E-state index in [1.165, 1.54) is 0 Å². The van der Waals surface area contributed by atoms with Crippen molar-refractivity contribution in [1.29, 1.82) is 0 Å². The summed E-state index contributed by atoms with van der Waals surface area (Å²) >= 11 is 0. The van der Waals surface area contributed by atoms with Crippen LogP contribution in [-0.4, -0.2) is 22.4 Å². The maximum atomic E-state index is 10.3. The van der Waals surface area contributed by atoms with Crippen molar-refractivity contribution in [2.45, 2.75) is 45.1 Å². The van der Waals surface area contributed by atoms with Gasteiger partial charge < -0.3 is 14.9 Å². The minimum absolute atomic E-state index is 0.104. The second kappa shape index (κ2) is 4.52. The van der Waals surface area contributed by atoms with Crippen molar-refractivity contribution in [3.63, 3.8) is 0 Å². The minimum Gasteiger partial charge on any atom is -0.508 e. The first-order valence-electron chi connectivity index (χ1n) is 7.23. The molecule has 0 radical (unpaired) electrons. The summed E-state index contributed by atoms with van der Waals surface area (Å²) in [5.41, 5.74) is 2.73. The van der Waals surface area contributed by atoms with Crippen LogP contribution in [0.15, 0.2) is 23.8 Å². The number of aromatic hydroxyl groups is 1. The lowest BCUT2D eigenvalue weighted by molar-refractivity contribution is 0.00677. The molecule has 3 nitrogen and oxygen atoms in total. The lowest BCUT2D eigenvalue weighted by atomic mass is 9.67. The molecule has 0 spiro atoms. The number of hydrogen-bond acceptors (Lipinski definition) is 3. The van der Waals surface area contributed by atoms with Crippen molar-refractivity contribution in [3.8, 4) is 11.5 Å². The van der Waals surface area contributed by atoms with Crippen LogP contribution in [0.1, 0.15) is 43.7 Å². The Kier molecular flexibility index (Phi) is 3.05. The van der Waals surface area contributed by atoms with Crippen LogP contribution >= 0.6 is 0 Å². The molecule has 1 aromatic rings. The third kappa shape index (κ3) is 2.01. The van der Waals surface area contributed by atoms with Crippen LogP contribution in [-0.2, 0) is 0 Å². The van der Waals surface area contributed by atoms with E-state index >= 15 is 0 Å². The smallest absolute Gasteiger partial charge is 0.127 e. The maximum Gasteiger partial charge on any atom is 0.127 e. The van der Waals surface area contributed by atoms with E-state index in [0.717, 1.165) is 35.3 Å². The number of rotatable bonds is 1. The largest absolute Gasteiger partial charge is 0.508 e. The van der Waals surface area contributed by atoms with Gasteiger partial charge >= 0.3 is 0 Å². The first-order valence-corrected chi connectivity index (χ1v) is 7.23. The highest BCUT2D eigenvalue weighted by atomic mass is 16.5. The van der Waals surface area contributed by atoms with Crippen molar-refractivity contribution in [2.24, 2.45) is 5.92 Å². The molecule has 2 unspecified atom stereocenters. The lowest BCUT2D eigenvalue weighted by Gasteiger charge is -2.47. The number of fused-ring (bicyclic) bond motifs is 3. The number of aliphatic hydroxyl groups is 1. The molecule has 0 bridgehead atoms. The Morgan fingerprint density at radius 3 is 2.80 bits per heavy atom. The van der Waals surface area contributed by atoms with Gasteiger partial charge in [0.05, 0.1) is 6.61 Å². The Hall–Kier alpha value is -1.48. The van der Waals surface area contributed by atoms with E-state index in [9.17, 15) is 10.2 Å². The monoisotopic (exact) mass is 274 g/mol. The second-order valence-corrected chi connectivity index (χ2v) is 6.57. The molecule has 0 amide bonds. The van der Waals surface area contributed by atoms with Crippen LogP contribution in [0.4, 0.5) is 0 Å². The van der Waals surface area contributed by atoms with E-state index in [0.29, 0.717) is 11.7 Å². The van der Waals surface area contributed by atoms with Crippen LogP contribution in [0.5, 0.6) is 11.5 Å². The second-order valence-electron chi connectivity index (χ2n) is 6.57. The highest BCUT2D eigenvalue weighted by Crippen LogP contribution is 2.54. The Morgan fingerprint density at radius 1 is 1.35 bits per heavy atom. The quantitative estimate of drug-likeness (QED) is 0.773. The van der Waals surface area contributed by atoms with Crippen LogP contribution in [0.25, 0.3) is 0 Å². The Balaban J connectivity index is 2.13. The highest BCUT2D eigenvalue weighted by molar-refractivity contribution is 5.52. The molecule has 2 atom stereocenters. The predicted octanol–water partition coefficient (Wildman–Crippen LogP) is 3.28. The zero-order valence-electron chi connectivity index (χ0n) is 12.3. The van der Waals surface area contributed by atoms with E-state index in [4.69, 9.17) is 4.74 Å². The highest BCUT2D eigenvalue weighted by Gasteiger charge is 2.45. The van der Waals surface area contributed by atoms with Crippen molar-refractivity contribution in [3.05, 3.63) is 34.9 Å². The summed E-state index contributed by atoms with van der Waals surface area (Å²) in [5, 5.41) is 19.8. The van der Waals surface area contributed by atoms with Gasteiger partial charge in [-0.05, 0) is 56.9 Å². The van der Waals surface area contributed by atoms with Crippen LogP contribution < -0.4 is 4.74 Å². The number of benzene rings is 1. The fraction of sp³-hybridized carbons (Fsp3) is 0.529. The van der Waals surface area contributed by atoms with E-state index in [1.807, 2.05) is 13.0 Å². The third-order valence-corrected chi connectivity index (χ3v) is 4.73. The number of hydrogen-bond donors (Lipinski definition) is 2. The molecule has 20 heavy (non-hydrogen) atoms.